The second-order valence-electron chi connectivity index (χ2n) is 3.26. The summed E-state index contributed by atoms with van der Waals surface area (Å²) in [5, 5.41) is 8.75. The molecule has 0 saturated carbocycles. The molecular weight excluding hydrogens is 112 g/mol. The van der Waals surface area contributed by atoms with E-state index in [1.54, 1.807) is 0 Å². The lowest BCUT2D eigenvalue weighted by molar-refractivity contribution is 0.170. The normalized spacial score (nSPS) is 18.0. The van der Waals surface area contributed by atoms with Crippen LogP contribution >= 0.6 is 0 Å². The van der Waals surface area contributed by atoms with Crippen LogP contribution in [-0.4, -0.2) is 11.7 Å². The first-order valence-electron chi connectivity index (χ1n) is 3.70. The Morgan fingerprint density at radius 3 is 1.67 bits per heavy atom. The monoisotopic (exact) mass is 130 g/mol. The largest absolute Gasteiger partial charge is 0.396 e. The molecule has 0 aromatic heterocycles. The third-order valence-corrected chi connectivity index (χ3v) is 2.24. The van der Waals surface area contributed by atoms with Crippen LogP contribution < -0.4 is 0 Å². The van der Waals surface area contributed by atoms with Gasteiger partial charge in [0.1, 0.15) is 0 Å². The molecule has 0 aromatic rings. The van der Waals surface area contributed by atoms with Crippen LogP contribution in [0, 0.1) is 17.8 Å². The van der Waals surface area contributed by atoms with Gasteiger partial charge in [0.25, 0.3) is 0 Å². The van der Waals surface area contributed by atoms with Crippen molar-refractivity contribution in [3.05, 3.63) is 0 Å². The van der Waals surface area contributed by atoms with Gasteiger partial charge in [-0.2, -0.15) is 0 Å². The first-order valence-corrected chi connectivity index (χ1v) is 3.70. The Kier molecular flexibility index (Phi) is 3.87. The molecule has 0 rings (SSSR count). The highest BCUT2D eigenvalue weighted by atomic mass is 16.3. The van der Waals surface area contributed by atoms with E-state index in [0.29, 0.717) is 24.4 Å². The fourth-order valence-corrected chi connectivity index (χ4v) is 0.823. The van der Waals surface area contributed by atoms with Crippen molar-refractivity contribution in [1.29, 1.82) is 0 Å². The van der Waals surface area contributed by atoms with Crippen LogP contribution in [0.25, 0.3) is 0 Å². The quantitative estimate of drug-likeness (QED) is 0.618. The lowest BCUT2D eigenvalue weighted by Gasteiger charge is -2.20. The van der Waals surface area contributed by atoms with Crippen LogP contribution in [0.4, 0.5) is 0 Å². The Hall–Kier alpha value is -0.0400. The Morgan fingerprint density at radius 2 is 1.56 bits per heavy atom. The molecule has 2 unspecified atom stereocenters. The van der Waals surface area contributed by atoms with Crippen molar-refractivity contribution in [2.24, 2.45) is 17.8 Å². The zero-order valence-electron chi connectivity index (χ0n) is 6.89. The molecule has 9 heavy (non-hydrogen) atoms. The average Bonchev–Trinajstić information content (AvgIpc) is 1.84. The summed E-state index contributed by atoms with van der Waals surface area (Å²) < 4.78 is 0. The molecule has 0 spiro atoms. The zero-order valence-corrected chi connectivity index (χ0v) is 6.89. The lowest BCUT2D eigenvalue weighted by Crippen LogP contribution is -2.17. The average molecular weight is 130 g/mol. The number of hydrogen-bond donors (Lipinski definition) is 1. The maximum absolute atomic E-state index is 8.75. The van der Waals surface area contributed by atoms with Gasteiger partial charge in [-0.15, -0.1) is 0 Å². The van der Waals surface area contributed by atoms with E-state index < -0.39 is 0 Å². The molecule has 1 N–H and O–H groups in total. The smallest absolute Gasteiger partial charge is 0.0459 e. The fraction of sp³-hybridized carbons (Fsp3) is 1.00. The second-order valence-corrected chi connectivity index (χ2v) is 3.26. The number of rotatable bonds is 3. The van der Waals surface area contributed by atoms with E-state index >= 15 is 0 Å². The molecule has 1 heteroatoms. The van der Waals surface area contributed by atoms with E-state index in [0.717, 1.165) is 0 Å². The van der Waals surface area contributed by atoms with E-state index in [2.05, 4.69) is 27.7 Å². The van der Waals surface area contributed by atoms with Gasteiger partial charge in [0, 0.05) is 6.61 Å². The van der Waals surface area contributed by atoms with Crippen LogP contribution in [0.1, 0.15) is 27.7 Å². The van der Waals surface area contributed by atoms with Gasteiger partial charge in [0.2, 0.25) is 0 Å². The molecule has 0 aromatic carbocycles. The van der Waals surface area contributed by atoms with Gasteiger partial charge in [0.05, 0.1) is 0 Å². The Labute approximate surface area is 58.1 Å². The van der Waals surface area contributed by atoms with E-state index in [1.165, 1.54) is 0 Å². The maximum Gasteiger partial charge on any atom is 0.0459 e. The van der Waals surface area contributed by atoms with E-state index in [9.17, 15) is 0 Å². The Bertz CT molecular complexity index is 69.0. The summed E-state index contributed by atoms with van der Waals surface area (Å²) in [4.78, 5) is 0. The number of aliphatic hydroxyl groups is 1. The molecule has 0 amide bonds. The Morgan fingerprint density at radius 1 is 1.11 bits per heavy atom. The summed E-state index contributed by atoms with van der Waals surface area (Å²) in [6.45, 7) is 8.98. The highest BCUT2D eigenvalue weighted by Gasteiger charge is 2.13. The molecule has 0 bridgehead atoms. The first kappa shape index (κ1) is 8.96. The predicted octanol–water partition coefficient (Wildman–Crippen LogP) is 1.91. The number of hydrogen-bond acceptors (Lipinski definition) is 1. The second kappa shape index (κ2) is 3.89. The van der Waals surface area contributed by atoms with E-state index in [-0.39, 0.29) is 0 Å². The van der Waals surface area contributed by atoms with Crippen LogP contribution in [-0.2, 0) is 0 Å². The van der Waals surface area contributed by atoms with E-state index in [4.69, 9.17) is 5.11 Å². The van der Waals surface area contributed by atoms with Crippen molar-refractivity contribution in [2.75, 3.05) is 6.61 Å². The standard InChI is InChI=1S/C8H18O/c1-6(2)8(4)7(3)5-9/h6-9H,5H2,1-4H3. The van der Waals surface area contributed by atoms with E-state index in [1.807, 2.05) is 0 Å². The molecule has 1 nitrogen and oxygen atoms in total. The van der Waals surface area contributed by atoms with Crippen LogP contribution in [0.5, 0.6) is 0 Å². The zero-order chi connectivity index (χ0) is 7.44. The van der Waals surface area contributed by atoms with Gasteiger partial charge in [-0.3, -0.25) is 0 Å². The van der Waals surface area contributed by atoms with Gasteiger partial charge < -0.3 is 5.11 Å². The third-order valence-electron chi connectivity index (χ3n) is 2.24. The third kappa shape index (κ3) is 2.85. The summed E-state index contributed by atoms with van der Waals surface area (Å²) in [5.74, 6) is 1.77. The summed E-state index contributed by atoms with van der Waals surface area (Å²) >= 11 is 0. The minimum Gasteiger partial charge on any atom is -0.396 e. The molecule has 56 valence electrons. The SMILES string of the molecule is CC(C)C(C)C(C)CO. The molecule has 2 atom stereocenters. The summed E-state index contributed by atoms with van der Waals surface area (Å²) in [7, 11) is 0. The maximum atomic E-state index is 8.75. The summed E-state index contributed by atoms with van der Waals surface area (Å²) in [5.41, 5.74) is 0. The van der Waals surface area contributed by atoms with Crippen molar-refractivity contribution >= 4 is 0 Å². The van der Waals surface area contributed by atoms with Crippen LogP contribution in [0.2, 0.25) is 0 Å². The van der Waals surface area contributed by atoms with Gasteiger partial charge in [-0.25, -0.2) is 0 Å². The summed E-state index contributed by atoms with van der Waals surface area (Å²) in [6.07, 6.45) is 0. The topological polar surface area (TPSA) is 20.2 Å². The molecule has 0 saturated heterocycles. The van der Waals surface area contributed by atoms with Gasteiger partial charge in [-0.05, 0) is 17.8 Å². The highest BCUT2D eigenvalue weighted by Crippen LogP contribution is 2.18. The van der Waals surface area contributed by atoms with Crippen molar-refractivity contribution < 1.29 is 5.11 Å². The van der Waals surface area contributed by atoms with Crippen LogP contribution in [0.3, 0.4) is 0 Å². The number of aliphatic hydroxyl groups excluding tert-OH is 1. The van der Waals surface area contributed by atoms with Crippen molar-refractivity contribution in [2.45, 2.75) is 27.7 Å². The molecule has 0 fully saturated rings. The van der Waals surface area contributed by atoms with Crippen molar-refractivity contribution in [3.8, 4) is 0 Å². The highest BCUT2D eigenvalue weighted by molar-refractivity contribution is 4.63. The molecule has 0 radical (unpaired) electrons. The van der Waals surface area contributed by atoms with Crippen molar-refractivity contribution in [3.63, 3.8) is 0 Å². The lowest BCUT2D eigenvalue weighted by atomic mass is 9.87. The van der Waals surface area contributed by atoms with Gasteiger partial charge in [0.15, 0.2) is 0 Å². The van der Waals surface area contributed by atoms with Crippen LogP contribution in [0.15, 0.2) is 0 Å². The van der Waals surface area contributed by atoms with Gasteiger partial charge in [-0.1, -0.05) is 27.7 Å². The molecule has 0 heterocycles. The minimum absolute atomic E-state index is 0.319. The molecule has 0 aliphatic heterocycles. The first-order chi connectivity index (χ1) is 4.09. The van der Waals surface area contributed by atoms with Crippen molar-refractivity contribution in [1.82, 2.24) is 0 Å². The molecule has 0 aliphatic carbocycles. The minimum atomic E-state index is 0.319. The summed E-state index contributed by atoms with van der Waals surface area (Å²) in [6, 6.07) is 0. The predicted molar refractivity (Wildman–Crippen MR) is 40.3 cm³/mol. The fourth-order valence-electron chi connectivity index (χ4n) is 0.823. The molecular formula is C8H18O. The van der Waals surface area contributed by atoms with Gasteiger partial charge >= 0.3 is 0 Å². The Balaban J connectivity index is 3.58. The molecule has 0 aliphatic rings.